The second-order valence-corrected chi connectivity index (χ2v) is 5.13. The van der Waals surface area contributed by atoms with E-state index in [1.54, 1.807) is 6.20 Å². The van der Waals surface area contributed by atoms with E-state index < -0.39 is 0 Å². The number of hydrogen-bond donors (Lipinski definition) is 1. The summed E-state index contributed by atoms with van der Waals surface area (Å²) in [5.41, 5.74) is 6.16. The molecule has 1 aromatic heterocycles. The molecule has 1 aliphatic heterocycles. The van der Waals surface area contributed by atoms with E-state index in [9.17, 15) is 4.79 Å². The van der Waals surface area contributed by atoms with Gasteiger partial charge in [-0.3, -0.25) is 14.7 Å². The highest BCUT2D eigenvalue weighted by Gasteiger charge is 2.20. The van der Waals surface area contributed by atoms with E-state index in [4.69, 9.17) is 10.5 Å². The monoisotopic (exact) mass is 263 g/mol. The number of pyridine rings is 1. The van der Waals surface area contributed by atoms with E-state index in [1.807, 2.05) is 19.1 Å². The van der Waals surface area contributed by atoms with Crippen LogP contribution in [0.15, 0.2) is 18.3 Å². The first kappa shape index (κ1) is 13.8. The van der Waals surface area contributed by atoms with Crippen LogP contribution in [0.4, 0.5) is 0 Å². The van der Waals surface area contributed by atoms with Gasteiger partial charge in [-0.2, -0.15) is 0 Å². The quantitative estimate of drug-likeness (QED) is 0.859. The molecule has 104 valence electrons. The number of aromatic nitrogens is 1. The Labute approximate surface area is 113 Å². The normalized spacial score (nSPS) is 17.3. The lowest BCUT2D eigenvalue weighted by atomic mass is 9.98. The van der Waals surface area contributed by atoms with Crippen LogP contribution in [0.1, 0.15) is 18.5 Å². The zero-order valence-electron chi connectivity index (χ0n) is 11.3. The van der Waals surface area contributed by atoms with Crippen molar-refractivity contribution in [3.05, 3.63) is 24.0 Å². The number of carbonyl (C=O) groups excluding carboxylic acids is 1. The Bertz CT molecular complexity index is 428. The first-order valence-corrected chi connectivity index (χ1v) is 6.69. The van der Waals surface area contributed by atoms with Crippen molar-refractivity contribution in [2.24, 2.45) is 11.7 Å². The summed E-state index contributed by atoms with van der Waals surface area (Å²) in [6.45, 7) is 4.90. The lowest BCUT2D eigenvalue weighted by Gasteiger charge is -2.30. The largest absolute Gasteiger partial charge is 0.493 e. The maximum Gasteiger partial charge on any atom is 0.231 e. The Morgan fingerprint density at radius 1 is 1.53 bits per heavy atom. The topological polar surface area (TPSA) is 68.5 Å². The number of likely N-dealkylation sites (tertiary alicyclic amines) is 1. The maximum atomic E-state index is 10.8. The Morgan fingerprint density at radius 2 is 2.26 bits per heavy atom. The smallest absolute Gasteiger partial charge is 0.231 e. The maximum absolute atomic E-state index is 10.8. The number of primary amides is 1. The molecular formula is C14H21N3O2. The number of piperidine rings is 1. The standard InChI is InChI=1S/C14H21N3O2/c1-11-8-13(2-5-16-11)19-10-12-3-6-17(7-4-12)9-14(15)18/h2,5,8,12H,3-4,6-7,9-10H2,1H3,(H2,15,18). The number of nitrogens with two attached hydrogens (primary N) is 1. The molecule has 0 radical (unpaired) electrons. The molecule has 2 heterocycles. The number of aryl methyl sites for hydroxylation is 1. The summed E-state index contributed by atoms with van der Waals surface area (Å²) in [6.07, 6.45) is 3.87. The Balaban J connectivity index is 1.72. The highest BCUT2D eigenvalue weighted by Crippen LogP contribution is 2.19. The zero-order valence-corrected chi connectivity index (χ0v) is 11.3. The van der Waals surface area contributed by atoms with Crippen molar-refractivity contribution in [1.29, 1.82) is 0 Å². The van der Waals surface area contributed by atoms with E-state index in [0.717, 1.165) is 44.0 Å². The number of hydrogen-bond acceptors (Lipinski definition) is 4. The number of carbonyl (C=O) groups is 1. The van der Waals surface area contributed by atoms with Gasteiger partial charge in [0.1, 0.15) is 5.75 Å². The molecule has 2 rings (SSSR count). The summed E-state index contributed by atoms with van der Waals surface area (Å²) in [4.78, 5) is 17.1. The van der Waals surface area contributed by atoms with Gasteiger partial charge in [0, 0.05) is 18.0 Å². The molecule has 1 amide bonds. The van der Waals surface area contributed by atoms with Crippen molar-refractivity contribution in [3.8, 4) is 5.75 Å². The van der Waals surface area contributed by atoms with Crippen molar-refractivity contribution in [2.45, 2.75) is 19.8 Å². The minimum absolute atomic E-state index is 0.248. The van der Waals surface area contributed by atoms with Gasteiger partial charge >= 0.3 is 0 Å². The molecule has 5 nitrogen and oxygen atoms in total. The Kier molecular flexibility index (Phi) is 4.74. The van der Waals surface area contributed by atoms with Crippen molar-refractivity contribution < 1.29 is 9.53 Å². The second-order valence-electron chi connectivity index (χ2n) is 5.13. The van der Waals surface area contributed by atoms with Crippen LogP contribution in [0.3, 0.4) is 0 Å². The summed E-state index contributed by atoms with van der Waals surface area (Å²) in [7, 11) is 0. The first-order chi connectivity index (χ1) is 9.13. The number of amides is 1. The minimum atomic E-state index is -0.248. The summed E-state index contributed by atoms with van der Waals surface area (Å²) in [5, 5.41) is 0. The van der Waals surface area contributed by atoms with Crippen LogP contribution in [0.5, 0.6) is 5.75 Å². The van der Waals surface area contributed by atoms with Crippen molar-refractivity contribution in [1.82, 2.24) is 9.88 Å². The van der Waals surface area contributed by atoms with Crippen LogP contribution in [-0.4, -0.2) is 42.0 Å². The molecule has 1 aliphatic rings. The zero-order chi connectivity index (χ0) is 13.7. The lowest BCUT2D eigenvalue weighted by Crippen LogP contribution is -2.40. The van der Waals surface area contributed by atoms with Crippen molar-refractivity contribution in [2.75, 3.05) is 26.2 Å². The molecule has 0 bridgehead atoms. The summed E-state index contributed by atoms with van der Waals surface area (Å²) >= 11 is 0. The minimum Gasteiger partial charge on any atom is -0.493 e. The molecule has 1 saturated heterocycles. The van der Waals surface area contributed by atoms with Gasteiger partial charge < -0.3 is 10.5 Å². The summed E-state index contributed by atoms with van der Waals surface area (Å²) < 4.78 is 5.79. The average molecular weight is 263 g/mol. The number of ether oxygens (including phenoxy) is 1. The van der Waals surface area contributed by atoms with Crippen molar-refractivity contribution in [3.63, 3.8) is 0 Å². The molecule has 2 N–H and O–H groups in total. The molecule has 0 saturated carbocycles. The predicted octanol–water partition coefficient (Wildman–Crippen LogP) is 0.966. The van der Waals surface area contributed by atoms with Crippen LogP contribution in [0, 0.1) is 12.8 Å². The molecule has 0 spiro atoms. The van der Waals surface area contributed by atoms with Crippen LogP contribution in [-0.2, 0) is 4.79 Å². The molecule has 0 atom stereocenters. The second kappa shape index (κ2) is 6.52. The van der Waals surface area contributed by atoms with Crippen LogP contribution >= 0.6 is 0 Å². The molecular weight excluding hydrogens is 242 g/mol. The van der Waals surface area contributed by atoms with Crippen LogP contribution < -0.4 is 10.5 Å². The Morgan fingerprint density at radius 3 is 2.89 bits per heavy atom. The fourth-order valence-electron chi connectivity index (χ4n) is 2.36. The molecule has 0 aliphatic carbocycles. The SMILES string of the molecule is Cc1cc(OCC2CCN(CC(N)=O)CC2)ccn1. The molecule has 0 unspecified atom stereocenters. The summed E-state index contributed by atoms with van der Waals surface area (Å²) in [6, 6.07) is 3.83. The van der Waals surface area contributed by atoms with E-state index in [1.165, 1.54) is 0 Å². The third kappa shape index (κ3) is 4.52. The Hall–Kier alpha value is -1.62. The highest BCUT2D eigenvalue weighted by atomic mass is 16.5. The van der Waals surface area contributed by atoms with Crippen molar-refractivity contribution >= 4 is 5.91 Å². The third-order valence-electron chi connectivity index (χ3n) is 3.44. The van der Waals surface area contributed by atoms with E-state index in [2.05, 4.69) is 9.88 Å². The molecule has 19 heavy (non-hydrogen) atoms. The average Bonchev–Trinajstić information content (AvgIpc) is 2.37. The van der Waals surface area contributed by atoms with Gasteiger partial charge in [0.2, 0.25) is 5.91 Å². The molecule has 0 aromatic carbocycles. The third-order valence-corrected chi connectivity index (χ3v) is 3.44. The predicted molar refractivity (Wildman–Crippen MR) is 72.8 cm³/mol. The highest BCUT2D eigenvalue weighted by molar-refractivity contribution is 5.75. The van der Waals surface area contributed by atoms with Gasteiger partial charge in [0.15, 0.2) is 0 Å². The molecule has 1 fully saturated rings. The van der Waals surface area contributed by atoms with Crippen LogP contribution in [0.2, 0.25) is 0 Å². The number of rotatable bonds is 5. The number of nitrogens with zero attached hydrogens (tertiary/aromatic N) is 2. The summed E-state index contributed by atoms with van der Waals surface area (Å²) in [5.74, 6) is 1.19. The van der Waals surface area contributed by atoms with Gasteiger partial charge in [-0.1, -0.05) is 0 Å². The first-order valence-electron chi connectivity index (χ1n) is 6.69. The molecule has 5 heteroatoms. The lowest BCUT2D eigenvalue weighted by molar-refractivity contribution is -0.119. The van der Waals surface area contributed by atoms with E-state index in [0.29, 0.717) is 12.5 Å². The van der Waals surface area contributed by atoms with Gasteiger partial charge in [0.05, 0.1) is 13.2 Å². The van der Waals surface area contributed by atoms with E-state index >= 15 is 0 Å². The van der Waals surface area contributed by atoms with E-state index in [-0.39, 0.29) is 5.91 Å². The van der Waals surface area contributed by atoms with Gasteiger partial charge in [-0.25, -0.2) is 0 Å². The van der Waals surface area contributed by atoms with Crippen LogP contribution in [0.25, 0.3) is 0 Å². The fourth-order valence-corrected chi connectivity index (χ4v) is 2.36. The molecule has 1 aromatic rings. The van der Waals surface area contributed by atoms with Gasteiger partial charge in [-0.15, -0.1) is 0 Å². The van der Waals surface area contributed by atoms with Gasteiger partial charge in [-0.05, 0) is 44.8 Å². The van der Waals surface area contributed by atoms with Gasteiger partial charge in [0.25, 0.3) is 0 Å². The fraction of sp³-hybridized carbons (Fsp3) is 0.571.